The maximum atomic E-state index is 9.94. The van der Waals surface area contributed by atoms with E-state index in [2.05, 4.69) is 15.0 Å². The lowest BCUT2D eigenvalue weighted by atomic mass is 9.98. The van der Waals surface area contributed by atoms with Gasteiger partial charge in [-0.1, -0.05) is 11.6 Å². The molecule has 0 radical (unpaired) electrons. The van der Waals surface area contributed by atoms with E-state index in [1.54, 1.807) is 7.11 Å². The van der Waals surface area contributed by atoms with Gasteiger partial charge in [0.25, 0.3) is 0 Å². The normalized spacial score (nSPS) is 20.4. The molecule has 1 aromatic heterocycles. The summed E-state index contributed by atoms with van der Waals surface area (Å²) in [6, 6.07) is 7.74. The monoisotopic (exact) mass is 317 g/mol. The number of aliphatic hydroxyl groups excluding tert-OH is 1. The maximum Gasteiger partial charge on any atom is 0.241 e. The van der Waals surface area contributed by atoms with Crippen molar-refractivity contribution in [2.45, 2.75) is 44.9 Å². The Balaban J connectivity index is 1.71. The zero-order valence-electron chi connectivity index (χ0n) is 13.6. The van der Waals surface area contributed by atoms with Crippen LogP contribution >= 0.6 is 0 Å². The van der Waals surface area contributed by atoms with Gasteiger partial charge in [0.15, 0.2) is 0 Å². The molecule has 3 rings (SSSR count). The van der Waals surface area contributed by atoms with Crippen LogP contribution in [0.5, 0.6) is 5.75 Å². The molecule has 0 bridgehead atoms. The van der Waals surface area contributed by atoms with E-state index in [1.165, 1.54) is 0 Å². The van der Waals surface area contributed by atoms with E-state index in [9.17, 15) is 5.11 Å². The molecule has 0 aliphatic carbocycles. The quantitative estimate of drug-likeness (QED) is 0.913. The third-order valence-electron chi connectivity index (χ3n) is 4.38. The number of methoxy groups -OCH3 is 1. The Labute approximate surface area is 136 Å². The molecule has 23 heavy (non-hydrogen) atoms. The SMILES string of the molecule is COc1ccc(-c2noc(CN3CCCCC3C(C)O)n2)cc1. The van der Waals surface area contributed by atoms with Crippen LogP contribution in [0.15, 0.2) is 28.8 Å². The number of aromatic nitrogens is 2. The van der Waals surface area contributed by atoms with Crippen LogP contribution in [-0.4, -0.2) is 45.9 Å². The summed E-state index contributed by atoms with van der Waals surface area (Å²) < 4.78 is 10.5. The highest BCUT2D eigenvalue weighted by Crippen LogP contribution is 2.23. The van der Waals surface area contributed by atoms with Crippen LogP contribution in [0.2, 0.25) is 0 Å². The van der Waals surface area contributed by atoms with Gasteiger partial charge in [0.2, 0.25) is 11.7 Å². The molecule has 1 saturated heterocycles. The highest BCUT2D eigenvalue weighted by molar-refractivity contribution is 5.55. The van der Waals surface area contributed by atoms with Gasteiger partial charge < -0.3 is 14.4 Å². The molecular formula is C17H23N3O3. The molecule has 0 amide bonds. The van der Waals surface area contributed by atoms with Gasteiger partial charge in [-0.25, -0.2) is 0 Å². The van der Waals surface area contributed by atoms with Gasteiger partial charge in [0.05, 0.1) is 19.8 Å². The lowest BCUT2D eigenvalue weighted by Crippen LogP contribution is -2.45. The standard InChI is InChI=1S/C17H23N3O3/c1-12(21)15-5-3-4-10-20(15)11-16-18-17(19-23-16)13-6-8-14(22-2)9-7-13/h6-9,12,15,21H,3-5,10-11H2,1-2H3. The number of rotatable bonds is 5. The first-order valence-electron chi connectivity index (χ1n) is 8.06. The third-order valence-corrected chi connectivity index (χ3v) is 4.38. The molecule has 1 N–H and O–H groups in total. The summed E-state index contributed by atoms with van der Waals surface area (Å²) in [5.41, 5.74) is 0.895. The van der Waals surface area contributed by atoms with Gasteiger partial charge >= 0.3 is 0 Å². The van der Waals surface area contributed by atoms with Crippen molar-refractivity contribution < 1.29 is 14.4 Å². The molecule has 0 spiro atoms. The maximum absolute atomic E-state index is 9.94. The predicted molar refractivity (Wildman–Crippen MR) is 86.0 cm³/mol. The molecule has 124 valence electrons. The molecule has 1 aliphatic heterocycles. The zero-order valence-corrected chi connectivity index (χ0v) is 13.6. The fourth-order valence-electron chi connectivity index (χ4n) is 3.11. The number of piperidine rings is 1. The molecule has 1 aromatic carbocycles. The smallest absolute Gasteiger partial charge is 0.241 e. The van der Waals surface area contributed by atoms with Crippen molar-refractivity contribution in [1.29, 1.82) is 0 Å². The van der Waals surface area contributed by atoms with E-state index in [0.717, 1.165) is 37.1 Å². The van der Waals surface area contributed by atoms with Crippen LogP contribution in [0.25, 0.3) is 11.4 Å². The number of aliphatic hydroxyl groups is 1. The second-order valence-electron chi connectivity index (χ2n) is 6.01. The van der Waals surface area contributed by atoms with E-state index in [-0.39, 0.29) is 12.1 Å². The Hall–Kier alpha value is -1.92. The van der Waals surface area contributed by atoms with Crippen LogP contribution in [-0.2, 0) is 6.54 Å². The highest BCUT2D eigenvalue weighted by atomic mass is 16.5. The summed E-state index contributed by atoms with van der Waals surface area (Å²) in [5.74, 6) is 1.96. The van der Waals surface area contributed by atoms with Gasteiger partial charge in [-0.15, -0.1) is 0 Å². The topological polar surface area (TPSA) is 71.6 Å². The molecule has 2 aromatic rings. The van der Waals surface area contributed by atoms with E-state index in [4.69, 9.17) is 9.26 Å². The van der Waals surface area contributed by atoms with Crippen molar-refractivity contribution >= 4 is 0 Å². The summed E-state index contributed by atoms with van der Waals surface area (Å²) in [4.78, 5) is 6.72. The lowest BCUT2D eigenvalue weighted by molar-refractivity contribution is 0.0260. The van der Waals surface area contributed by atoms with Gasteiger partial charge in [0.1, 0.15) is 5.75 Å². The number of hydrogen-bond donors (Lipinski definition) is 1. The molecule has 2 unspecified atom stereocenters. The Morgan fingerprint density at radius 2 is 2.13 bits per heavy atom. The largest absolute Gasteiger partial charge is 0.497 e. The average Bonchev–Trinajstić information content (AvgIpc) is 3.04. The first kappa shape index (κ1) is 16.0. The van der Waals surface area contributed by atoms with E-state index >= 15 is 0 Å². The first-order valence-corrected chi connectivity index (χ1v) is 8.06. The van der Waals surface area contributed by atoms with Gasteiger partial charge in [0, 0.05) is 11.6 Å². The average molecular weight is 317 g/mol. The van der Waals surface area contributed by atoms with Crippen molar-refractivity contribution in [3.63, 3.8) is 0 Å². The second-order valence-corrected chi connectivity index (χ2v) is 6.01. The summed E-state index contributed by atoms with van der Waals surface area (Å²) >= 11 is 0. The fourth-order valence-corrected chi connectivity index (χ4v) is 3.11. The Morgan fingerprint density at radius 3 is 2.83 bits per heavy atom. The number of ether oxygens (including phenoxy) is 1. The minimum atomic E-state index is -0.348. The summed E-state index contributed by atoms with van der Waals surface area (Å²) in [7, 11) is 1.64. The van der Waals surface area contributed by atoms with Gasteiger partial charge in [-0.2, -0.15) is 4.98 Å². The fraction of sp³-hybridized carbons (Fsp3) is 0.529. The molecule has 6 heteroatoms. The molecule has 1 aliphatic rings. The van der Waals surface area contributed by atoms with Gasteiger partial charge in [-0.3, -0.25) is 4.90 Å². The van der Waals surface area contributed by atoms with Crippen LogP contribution in [0, 0.1) is 0 Å². The molecule has 6 nitrogen and oxygen atoms in total. The van der Waals surface area contributed by atoms with Crippen LogP contribution in [0.4, 0.5) is 0 Å². The zero-order chi connectivity index (χ0) is 16.2. The van der Waals surface area contributed by atoms with Crippen LogP contribution in [0.3, 0.4) is 0 Å². The predicted octanol–water partition coefficient (Wildman–Crippen LogP) is 2.48. The van der Waals surface area contributed by atoms with Crippen LogP contribution in [0.1, 0.15) is 32.1 Å². The molecule has 2 heterocycles. The van der Waals surface area contributed by atoms with Crippen molar-refractivity contribution in [2.24, 2.45) is 0 Å². The highest BCUT2D eigenvalue weighted by Gasteiger charge is 2.27. The van der Waals surface area contributed by atoms with Crippen LogP contribution < -0.4 is 4.74 Å². The summed E-state index contributed by atoms with van der Waals surface area (Å²) in [6.07, 6.45) is 2.96. The third kappa shape index (κ3) is 3.71. The Kier molecular flexibility index (Phi) is 4.93. The Morgan fingerprint density at radius 1 is 1.35 bits per heavy atom. The van der Waals surface area contributed by atoms with E-state index < -0.39 is 0 Å². The van der Waals surface area contributed by atoms with E-state index in [1.807, 2.05) is 31.2 Å². The lowest BCUT2D eigenvalue weighted by Gasteiger charge is -2.36. The first-order chi connectivity index (χ1) is 11.2. The second kappa shape index (κ2) is 7.10. The van der Waals surface area contributed by atoms with Crippen molar-refractivity contribution in [3.8, 4) is 17.1 Å². The molecular weight excluding hydrogens is 294 g/mol. The number of benzene rings is 1. The Bertz CT molecular complexity index is 624. The minimum Gasteiger partial charge on any atom is -0.497 e. The number of nitrogens with zero attached hydrogens (tertiary/aromatic N) is 3. The van der Waals surface area contributed by atoms with E-state index in [0.29, 0.717) is 18.3 Å². The van der Waals surface area contributed by atoms with Crippen molar-refractivity contribution in [2.75, 3.05) is 13.7 Å². The molecule has 1 fully saturated rings. The minimum absolute atomic E-state index is 0.167. The molecule has 0 saturated carbocycles. The number of hydrogen-bond acceptors (Lipinski definition) is 6. The van der Waals surface area contributed by atoms with Crippen molar-refractivity contribution in [3.05, 3.63) is 30.2 Å². The van der Waals surface area contributed by atoms with Gasteiger partial charge in [-0.05, 0) is 50.6 Å². The summed E-state index contributed by atoms with van der Waals surface area (Å²) in [6.45, 7) is 3.38. The molecule has 2 atom stereocenters. The summed E-state index contributed by atoms with van der Waals surface area (Å²) in [5, 5.41) is 14.0. The number of likely N-dealkylation sites (tertiary alicyclic amines) is 1. The van der Waals surface area contributed by atoms with Crippen molar-refractivity contribution in [1.82, 2.24) is 15.0 Å².